The smallest absolute Gasteiger partial charge is 0.248 e. The highest BCUT2D eigenvalue weighted by Gasteiger charge is 2.18. The van der Waals surface area contributed by atoms with Crippen molar-refractivity contribution in [1.29, 1.82) is 0 Å². The summed E-state index contributed by atoms with van der Waals surface area (Å²) >= 11 is 7.57. The van der Waals surface area contributed by atoms with E-state index in [1.807, 2.05) is 44.2 Å². The first-order chi connectivity index (χ1) is 8.58. The Morgan fingerprint density at radius 1 is 1.33 bits per heavy atom. The van der Waals surface area contributed by atoms with Gasteiger partial charge in [-0.3, -0.25) is 4.79 Å². The van der Waals surface area contributed by atoms with E-state index in [9.17, 15) is 4.79 Å². The van der Waals surface area contributed by atoms with Gasteiger partial charge in [0.05, 0.1) is 5.69 Å². The molecule has 0 fully saturated rings. The Hall–Kier alpha value is -1.39. The maximum Gasteiger partial charge on any atom is 0.248 e. The fraction of sp³-hybridized carbons (Fsp3) is 0.231. The third-order valence-corrected chi connectivity index (χ3v) is 4.02. The number of alkyl halides is 1. The van der Waals surface area contributed by atoms with Gasteiger partial charge in [-0.2, -0.15) is 0 Å². The molecule has 1 aromatic heterocycles. The molecule has 0 radical (unpaired) electrons. The molecule has 1 N–H and O–H groups in total. The number of aromatic nitrogens is 1. The van der Waals surface area contributed by atoms with Crippen LogP contribution >= 0.6 is 22.9 Å². The predicted octanol–water partition coefficient (Wildman–Crippen LogP) is 3.68. The van der Waals surface area contributed by atoms with Gasteiger partial charge in [-0.15, -0.1) is 22.9 Å². The lowest BCUT2D eigenvalue weighted by atomic mass is 10.1. The van der Waals surface area contributed by atoms with Crippen LogP contribution in [0.25, 0.3) is 0 Å². The lowest BCUT2D eigenvalue weighted by molar-refractivity contribution is -0.116. The Bertz CT molecular complexity index is 534. The van der Waals surface area contributed by atoms with Crippen molar-refractivity contribution in [2.24, 2.45) is 0 Å². The van der Waals surface area contributed by atoms with Crippen LogP contribution < -0.4 is 5.32 Å². The lowest BCUT2D eigenvalue weighted by Crippen LogP contribution is -2.17. The summed E-state index contributed by atoms with van der Waals surface area (Å²) in [5, 5.41) is 2.63. The normalized spacial score (nSPS) is 12.2. The molecule has 0 aliphatic heterocycles. The molecule has 1 heterocycles. The summed E-state index contributed by atoms with van der Waals surface area (Å²) in [6.07, 6.45) is 0. The van der Waals surface area contributed by atoms with Gasteiger partial charge in [-0.1, -0.05) is 30.3 Å². The summed E-state index contributed by atoms with van der Waals surface area (Å²) in [6.45, 7) is 3.88. The standard InChI is InChI=1S/C13H13ClN2OS/c1-8-9(2)18-13(15-8)16-12(17)11(14)10-6-4-3-5-7-10/h3-7,11H,1-2H3,(H,15,16,17). The van der Waals surface area contributed by atoms with Crippen LogP contribution in [0.3, 0.4) is 0 Å². The number of halogens is 1. The Balaban J connectivity index is 2.08. The number of nitrogens with zero attached hydrogens (tertiary/aromatic N) is 1. The van der Waals surface area contributed by atoms with E-state index >= 15 is 0 Å². The number of thiazole rings is 1. The third-order valence-electron chi connectivity index (χ3n) is 2.58. The van der Waals surface area contributed by atoms with Crippen molar-refractivity contribution in [3.05, 3.63) is 46.5 Å². The molecule has 1 atom stereocenters. The molecule has 18 heavy (non-hydrogen) atoms. The molecule has 1 unspecified atom stereocenters. The summed E-state index contributed by atoms with van der Waals surface area (Å²) in [5.41, 5.74) is 1.71. The van der Waals surface area contributed by atoms with Gasteiger partial charge in [-0.25, -0.2) is 4.98 Å². The Labute approximate surface area is 115 Å². The summed E-state index contributed by atoms with van der Waals surface area (Å²) in [6, 6.07) is 9.26. The molecule has 94 valence electrons. The molecule has 0 aliphatic carbocycles. The number of anilines is 1. The van der Waals surface area contributed by atoms with Crippen molar-refractivity contribution in [3.8, 4) is 0 Å². The van der Waals surface area contributed by atoms with Crippen LogP contribution in [0, 0.1) is 13.8 Å². The summed E-state index contributed by atoms with van der Waals surface area (Å²) in [5.74, 6) is -0.253. The Morgan fingerprint density at radius 2 is 2.00 bits per heavy atom. The number of hydrogen-bond donors (Lipinski definition) is 1. The monoisotopic (exact) mass is 280 g/mol. The van der Waals surface area contributed by atoms with Crippen LogP contribution in [0.2, 0.25) is 0 Å². The molecule has 0 saturated heterocycles. The highest BCUT2D eigenvalue weighted by molar-refractivity contribution is 7.15. The average molecular weight is 281 g/mol. The first-order valence-electron chi connectivity index (χ1n) is 5.52. The van der Waals surface area contributed by atoms with Gasteiger partial charge in [0.1, 0.15) is 5.38 Å². The second kappa shape index (κ2) is 5.50. The maximum absolute atomic E-state index is 12.0. The van der Waals surface area contributed by atoms with Crippen LogP contribution in [-0.4, -0.2) is 10.9 Å². The Kier molecular flexibility index (Phi) is 3.99. The number of rotatable bonds is 3. The molecule has 2 rings (SSSR count). The second-order valence-electron chi connectivity index (χ2n) is 3.92. The van der Waals surface area contributed by atoms with E-state index in [-0.39, 0.29) is 5.91 Å². The lowest BCUT2D eigenvalue weighted by Gasteiger charge is -2.08. The van der Waals surface area contributed by atoms with Gasteiger partial charge in [0, 0.05) is 4.88 Å². The van der Waals surface area contributed by atoms with E-state index in [1.165, 1.54) is 11.3 Å². The molecule has 2 aromatic rings. The van der Waals surface area contributed by atoms with Gasteiger partial charge < -0.3 is 5.32 Å². The van der Waals surface area contributed by atoms with Crippen LogP contribution in [0.5, 0.6) is 0 Å². The minimum atomic E-state index is -0.698. The van der Waals surface area contributed by atoms with Gasteiger partial charge >= 0.3 is 0 Å². The minimum absolute atomic E-state index is 0.253. The van der Waals surface area contributed by atoms with Gasteiger partial charge in [-0.05, 0) is 19.4 Å². The van der Waals surface area contributed by atoms with E-state index in [0.29, 0.717) is 5.13 Å². The van der Waals surface area contributed by atoms with Gasteiger partial charge in [0.15, 0.2) is 5.13 Å². The van der Waals surface area contributed by atoms with Crippen molar-refractivity contribution in [2.45, 2.75) is 19.2 Å². The number of nitrogens with one attached hydrogen (secondary N) is 1. The summed E-state index contributed by atoms with van der Waals surface area (Å²) < 4.78 is 0. The number of carbonyl (C=O) groups excluding carboxylic acids is 1. The van der Waals surface area contributed by atoms with Crippen molar-refractivity contribution in [2.75, 3.05) is 5.32 Å². The van der Waals surface area contributed by atoms with Gasteiger partial charge in [0.2, 0.25) is 5.91 Å². The molecule has 3 nitrogen and oxygen atoms in total. The zero-order valence-corrected chi connectivity index (χ0v) is 11.7. The predicted molar refractivity (Wildman–Crippen MR) is 75.3 cm³/mol. The zero-order valence-electron chi connectivity index (χ0n) is 10.1. The number of hydrogen-bond acceptors (Lipinski definition) is 3. The fourth-order valence-corrected chi connectivity index (χ4v) is 2.49. The van der Waals surface area contributed by atoms with Crippen molar-refractivity contribution in [3.63, 3.8) is 0 Å². The van der Waals surface area contributed by atoms with Crippen molar-refractivity contribution in [1.82, 2.24) is 4.98 Å². The van der Waals surface area contributed by atoms with Crippen LogP contribution in [0.15, 0.2) is 30.3 Å². The van der Waals surface area contributed by atoms with E-state index in [4.69, 9.17) is 11.6 Å². The largest absolute Gasteiger partial charge is 0.300 e. The van der Waals surface area contributed by atoms with Gasteiger partial charge in [0.25, 0.3) is 0 Å². The summed E-state index contributed by atoms with van der Waals surface area (Å²) in [7, 11) is 0. The molecule has 0 saturated carbocycles. The first kappa shape index (κ1) is 13.1. The first-order valence-corrected chi connectivity index (χ1v) is 6.77. The van der Waals surface area contributed by atoms with E-state index < -0.39 is 5.38 Å². The summed E-state index contributed by atoms with van der Waals surface area (Å²) in [4.78, 5) is 17.3. The highest BCUT2D eigenvalue weighted by atomic mass is 35.5. The molecule has 5 heteroatoms. The maximum atomic E-state index is 12.0. The minimum Gasteiger partial charge on any atom is -0.300 e. The van der Waals surface area contributed by atoms with E-state index in [2.05, 4.69) is 10.3 Å². The van der Waals surface area contributed by atoms with Crippen molar-refractivity contribution >= 4 is 34.0 Å². The molecule has 0 spiro atoms. The quantitative estimate of drug-likeness (QED) is 0.872. The molecular weight excluding hydrogens is 268 g/mol. The van der Waals surface area contributed by atoms with Crippen LogP contribution in [-0.2, 0) is 4.79 Å². The zero-order chi connectivity index (χ0) is 13.1. The van der Waals surface area contributed by atoms with Crippen LogP contribution in [0.4, 0.5) is 5.13 Å². The number of aryl methyl sites for hydroxylation is 2. The third kappa shape index (κ3) is 2.89. The topological polar surface area (TPSA) is 42.0 Å². The number of carbonyl (C=O) groups is 1. The second-order valence-corrected chi connectivity index (χ2v) is 5.56. The van der Waals surface area contributed by atoms with Crippen LogP contribution in [0.1, 0.15) is 21.5 Å². The molecule has 0 aliphatic rings. The average Bonchev–Trinajstić information content (AvgIpc) is 2.68. The van der Waals surface area contributed by atoms with E-state index in [0.717, 1.165) is 16.1 Å². The highest BCUT2D eigenvalue weighted by Crippen LogP contribution is 2.25. The van der Waals surface area contributed by atoms with E-state index in [1.54, 1.807) is 0 Å². The molecule has 1 amide bonds. The molecule has 1 aromatic carbocycles. The number of amides is 1. The molecule has 0 bridgehead atoms. The van der Waals surface area contributed by atoms with Crippen molar-refractivity contribution < 1.29 is 4.79 Å². The fourth-order valence-electron chi connectivity index (χ4n) is 1.47. The SMILES string of the molecule is Cc1nc(NC(=O)C(Cl)c2ccccc2)sc1C. The number of benzene rings is 1. The Morgan fingerprint density at radius 3 is 2.56 bits per heavy atom. The molecular formula is C13H13ClN2OS.